The molecular formula is C16H23ClN2O. The van der Waals surface area contributed by atoms with Gasteiger partial charge in [0, 0.05) is 17.3 Å². The minimum atomic E-state index is -0.101. The second kappa shape index (κ2) is 6.59. The molecule has 0 aromatic heterocycles. The normalized spacial score (nSPS) is 21.5. The van der Waals surface area contributed by atoms with Gasteiger partial charge in [0.05, 0.1) is 6.04 Å². The van der Waals surface area contributed by atoms with Crippen LogP contribution in [0.4, 0.5) is 5.69 Å². The van der Waals surface area contributed by atoms with Gasteiger partial charge in [0.2, 0.25) is 5.91 Å². The van der Waals surface area contributed by atoms with Crippen molar-refractivity contribution < 1.29 is 4.79 Å². The summed E-state index contributed by atoms with van der Waals surface area (Å²) in [6.07, 6.45) is 2.44. The average molecular weight is 295 g/mol. The molecule has 1 aliphatic heterocycles. The van der Waals surface area contributed by atoms with Crippen LogP contribution in [0.5, 0.6) is 0 Å². The first-order valence-corrected chi connectivity index (χ1v) is 7.67. The number of carbonyl (C=O) groups excluding carboxylic acids is 1. The van der Waals surface area contributed by atoms with E-state index in [0.717, 1.165) is 24.3 Å². The molecule has 1 N–H and O–H groups in total. The summed E-state index contributed by atoms with van der Waals surface area (Å²) in [5, 5.41) is 3.68. The Kier molecular flexibility index (Phi) is 5.06. The highest BCUT2D eigenvalue weighted by Crippen LogP contribution is 2.24. The van der Waals surface area contributed by atoms with Crippen LogP contribution in [0, 0.1) is 12.8 Å². The fraction of sp³-hybridized carbons (Fsp3) is 0.562. The zero-order valence-corrected chi connectivity index (χ0v) is 13.2. The highest BCUT2D eigenvalue weighted by Gasteiger charge is 2.25. The molecule has 1 fully saturated rings. The Balaban J connectivity index is 2.02. The van der Waals surface area contributed by atoms with Crippen LogP contribution in [0.15, 0.2) is 18.2 Å². The summed E-state index contributed by atoms with van der Waals surface area (Å²) in [4.78, 5) is 14.7. The van der Waals surface area contributed by atoms with E-state index in [1.807, 2.05) is 32.0 Å². The highest BCUT2D eigenvalue weighted by molar-refractivity contribution is 6.31. The monoisotopic (exact) mass is 294 g/mol. The van der Waals surface area contributed by atoms with E-state index in [9.17, 15) is 4.79 Å². The van der Waals surface area contributed by atoms with Crippen molar-refractivity contribution in [3.63, 3.8) is 0 Å². The van der Waals surface area contributed by atoms with Gasteiger partial charge >= 0.3 is 0 Å². The predicted molar refractivity (Wildman–Crippen MR) is 84.3 cm³/mol. The molecule has 0 spiro atoms. The second-order valence-corrected chi connectivity index (χ2v) is 6.23. The van der Waals surface area contributed by atoms with Crippen LogP contribution in [0.1, 0.15) is 32.3 Å². The smallest absolute Gasteiger partial charge is 0.241 e. The number of rotatable bonds is 3. The Bertz CT molecular complexity index is 489. The molecule has 0 saturated carbocycles. The molecule has 3 nitrogen and oxygen atoms in total. The molecule has 0 aliphatic carbocycles. The fourth-order valence-corrected chi connectivity index (χ4v) is 2.90. The molecule has 110 valence electrons. The van der Waals surface area contributed by atoms with Crippen molar-refractivity contribution in [2.45, 2.75) is 39.7 Å². The van der Waals surface area contributed by atoms with E-state index in [0.29, 0.717) is 10.9 Å². The molecule has 1 heterocycles. The summed E-state index contributed by atoms with van der Waals surface area (Å²) in [5.74, 6) is 0.719. The molecular weight excluding hydrogens is 272 g/mol. The molecule has 4 heteroatoms. The van der Waals surface area contributed by atoms with Gasteiger partial charge in [-0.05, 0) is 56.8 Å². The minimum absolute atomic E-state index is 0.0458. The molecule has 2 rings (SSSR count). The molecule has 1 aromatic rings. The summed E-state index contributed by atoms with van der Waals surface area (Å²) < 4.78 is 0. The van der Waals surface area contributed by atoms with Crippen LogP contribution in [-0.4, -0.2) is 29.9 Å². The van der Waals surface area contributed by atoms with Crippen LogP contribution in [-0.2, 0) is 4.79 Å². The van der Waals surface area contributed by atoms with E-state index < -0.39 is 0 Å². The molecule has 1 aromatic carbocycles. The second-order valence-electron chi connectivity index (χ2n) is 5.82. The third-order valence-corrected chi connectivity index (χ3v) is 4.55. The van der Waals surface area contributed by atoms with Gasteiger partial charge in [-0.25, -0.2) is 0 Å². The largest absolute Gasteiger partial charge is 0.324 e. The summed E-state index contributed by atoms with van der Waals surface area (Å²) >= 11 is 6.08. The number of likely N-dealkylation sites (tertiary alicyclic amines) is 1. The van der Waals surface area contributed by atoms with Crippen LogP contribution >= 0.6 is 11.6 Å². The number of amides is 1. The number of hydrogen-bond donors (Lipinski definition) is 1. The molecule has 2 atom stereocenters. The van der Waals surface area contributed by atoms with Crippen LogP contribution in [0.2, 0.25) is 5.02 Å². The summed E-state index contributed by atoms with van der Waals surface area (Å²) in [6.45, 7) is 8.16. The van der Waals surface area contributed by atoms with Gasteiger partial charge in [0.1, 0.15) is 0 Å². The first-order valence-electron chi connectivity index (χ1n) is 7.29. The summed E-state index contributed by atoms with van der Waals surface area (Å²) in [7, 11) is 0. The molecule has 1 amide bonds. The van der Waals surface area contributed by atoms with Gasteiger partial charge < -0.3 is 5.32 Å². The van der Waals surface area contributed by atoms with Crippen molar-refractivity contribution >= 4 is 23.2 Å². The SMILES string of the molecule is Cc1c(Cl)cccc1NC(=O)[C@@H](C)N1CCC[C@H](C)C1. The summed E-state index contributed by atoms with van der Waals surface area (Å²) in [5.41, 5.74) is 1.72. The van der Waals surface area contributed by atoms with Crippen LogP contribution in [0.3, 0.4) is 0 Å². The maximum absolute atomic E-state index is 12.4. The van der Waals surface area contributed by atoms with E-state index in [4.69, 9.17) is 11.6 Å². The lowest BCUT2D eigenvalue weighted by atomic mass is 9.99. The number of hydrogen-bond acceptors (Lipinski definition) is 2. The number of carbonyl (C=O) groups is 1. The lowest BCUT2D eigenvalue weighted by molar-refractivity contribution is -0.121. The molecule has 1 aliphatic rings. The van der Waals surface area contributed by atoms with Crippen molar-refractivity contribution in [3.05, 3.63) is 28.8 Å². The van der Waals surface area contributed by atoms with Crippen LogP contribution in [0.25, 0.3) is 0 Å². The Morgan fingerprint density at radius 3 is 2.95 bits per heavy atom. The molecule has 1 saturated heterocycles. The lowest BCUT2D eigenvalue weighted by Crippen LogP contribution is -2.46. The first-order chi connectivity index (χ1) is 9.49. The van der Waals surface area contributed by atoms with Crippen LogP contribution < -0.4 is 5.32 Å². The number of halogens is 1. The topological polar surface area (TPSA) is 32.3 Å². The van der Waals surface area contributed by atoms with Gasteiger partial charge in [0.15, 0.2) is 0 Å². The van der Waals surface area contributed by atoms with Crippen molar-refractivity contribution in [1.82, 2.24) is 4.90 Å². The first kappa shape index (κ1) is 15.3. The van der Waals surface area contributed by atoms with Gasteiger partial charge in [0.25, 0.3) is 0 Å². The minimum Gasteiger partial charge on any atom is -0.324 e. The predicted octanol–water partition coefficient (Wildman–Crippen LogP) is 3.71. The number of anilines is 1. The number of piperidine rings is 1. The Labute approximate surface area is 126 Å². The highest BCUT2D eigenvalue weighted by atomic mass is 35.5. The van der Waals surface area contributed by atoms with Gasteiger partial charge in [-0.2, -0.15) is 0 Å². The third kappa shape index (κ3) is 3.53. The Morgan fingerprint density at radius 2 is 2.25 bits per heavy atom. The average Bonchev–Trinajstić information content (AvgIpc) is 2.43. The van der Waals surface area contributed by atoms with E-state index >= 15 is 0 Å². The van der Waals surface area contributed by atoms with Gasteiger partial charge in [-0.15, -0.1) is 0 Å². The van der Waals surface area contributed by atoms with Gasteiger partial charge in [-0.1, -0.05) is 24.6 Å². The van der Waals surface area contributed by atoms with Crippen molar-refractivity contribution in [3.8, 4) is 0 Å². The lowest BCUT2D eigenvalue weighted by Gasteiger charge is -2.34. The maximum atomic E-state index is 12.4. The number of benzene rings is 1. The zero-order chi connectivity index (χ0) is 14.7. The summed E-state index contributed by atoms with van der Waals surface area (Å²) in [6, 6.07) is 5.49. The quantitative estimate of drug-likeness (QED) is 0.922. The third-order valence-electron chi connectivity index (χ3n) is 4.14. The molecule has 0 bridgehead atoms. The van der Waals surface area contributed by atoms with E-state index in [1.165, 1.54) is 12.8 Å². The Hall–Kier alpha value is -1.06. The molecule has 0 radical (unpaired) electrons. The molecule has 20 heavy (non-hydrogen) atoms. The fourth-order valence-electron chi connectivity index (χ4n) is 2.72. The molecule has 0 unspecified atom stereocenters. The van der Waals surface area contributed by atoms with E-state index in [1.54, 1.807) is 0 Å². The van der Waals surface area contributed by atoms with Crippen molar-refractivity contribution in [2.24, 2.45) is 5.92 Å². The standard InChI is InChI=1S/C16H23ClN2O/c1-11-6-5-9-19(10-11)13(3)16(20)18-15-8-4-7-14(17)12(15)2/h4,7-8,11,13H,5-6,9-10H2,1-3H3,(H,18,20)/t11-,13+/m0/s1. The van der Waals surface area contributed by atoms with E-state index in [2.05, 4.69) is 17.1 Å². The zero-order valence-electron chi connectivity index (χ0n) is 12.4. The number of nitrogens with zero attached hydrogens (tertiary/aromatic N) is 1. The van der Waals surface area contributed by atoms with Crippen molar-refractivity contribution in [1.29, 1.82) is 0 Å². The van der Waals surface area contributed by atoms with Crippen molar-refractivity contribution in [2.75, 3.05) is 18.4 Å². The van der Waals surface area contributed by atoms with E-state index in [-0.39, 0.29) is 11.9 Å². The van der Waals surface area contributed by atoms with Gasteiger partial charge in [-0.3, -0.25) is 9.69 Å². The number of nitrogens with one attached hydrogen (secondary N) is 1. The Morgan fingerprint density at radius 1 is 1.50 bits per heavy atom. The maximum Gasteiger partial charge on any atom is 0.241 e.